The zero-order valence-corrected chi connectivity index (χ0v) is 74.0. The number of nitrogens with zero attached hydrogens (tertiary/aromatic N) is 21. The van der Waals surface area contributed by atoms with Crippen LogP contribution < -0.4 is 49.5 Å². The number of fused-ring (bicyclic) bond motifs is 4. The third kappa shape index (κ3) is 20.3. The highest BCUT2D eigenvalue weighted by Gasteiger charge is 2.34. The van der Waals surface area contributed by atoms with Crippen molar-refractivity contribution in [1.82, 2.24) is 105 Å². The molecule has 0 aliphatic carbocycles. The number of alkyl carbamates (subject to hydrolysis) is 1. The van der Waals surface area contributed by atoms with Crippen molar-refractivity contribution >= 4 is 109 Å². The van der Waals surface area contributed by atoms with E-state index < -0.39 is 41.1 Å². The van der Waals surface area contributed by atoms with Crippen LogP contribution in [0.5, 0.6) is 0 Å². The molecule has 16 rings (SSSR count). The smallest absolute Gasteiger partial charge is 0.414 e. The summed E-state index contributed by atoms with van der Waals surface area (Å²) in [6, 6.07) is 38.6. The zero-order valence-electron chi connectivity index (χ0n) is 74.0. The number of hydrogen-bond donors (Lipinski definition) is 9. The SMILES string of the molecule is CC(C)n1c(-c2nonc2N)nc2c(-c3ccccc3)ncc(C(=O)O)c21.CC(C)n1c(-c2nonc2N)nc2c(-c3ccccc3)ncc(NC(=O)OC(C)(C)C)c21.CC(C)n1c(-c2nonc2N)nc2c(-c3ccccc3)ncc(NCCCN)c21.Cn1c(-c2nonc2N)nc2c(-c3ccccc3)ncc(N(CCCNC(=O)OC(C)(C)C)C(=O)OC(C)(C)C)c21. The number of nitrogen functional groups attached to an aromatic ring is 4. The second-order valence-electron chi connectivity index (χ2n) is 33.4. The van der Waals surface area contributed by atoms with E-state index in [4.69, 9.17) is 86.3 Å². The van der Waals surface area contributed by atoms with Crippen LogP contribution in [0.1, 0.15) is 145 Å². The Morgan fingerprint density at radius 1 is 0.426 bits per heavy atom. The van der Waals surface area contributed by atoms with Crippen molar-refractivity contribution in [3.8, 4) is 91.1 Å². The van der Waals surface area contributed by atoms with E-state index in [2.05, 4.69) is 90.6 Å². The van der Waals surface area contributed by atoms with E-state index in [1.165, 1.54) is 11.1 Å². The molecule has 670 valence electrons. The van der Waals surface area contributed by atoms with Crippen LogP contribution in [0.3, 0.4) is 0 Å². The predicted octanol–water partition coefficient (Wildman–Crippen LogP) is 15.7. The molecule has 0 spiro atoms. The van der Waals surface area contributed by atoms with Crippen LogP contribution in [0.25, 0.3) is 135 Å². The van der Waals surface area contributed by atoms with Gasteiger partial charge in [-0.15, -0.1) is 0 Å². The van der Waals surface area contributed by atoms with Crippen LogP contribution in [0.4, 0.5) is 54.7 Å². The molecule has 12 aromatic heterocycles. The third-order valence-corrected chi connectivity index (χ3v) is 19.4. The molecule has 0 aliphatic heterocycles. The number of carbonyl (C=O) groups is 4. The van der Waals surface area contributed by atoms with E-state index >= 15 is 0 Å². The predicted molar refractivity (Wildman–Crippen MR) is 486 cm³/mol. The number of nitrogens with one attached hydrogen (secondary N) is 3. The van der Waals surface area contributed by atoms with Crippen molar-refractivity contribution in [2.45, 2.75) is 152 Å². The number of benzene rings is 4. The van der Waals surface area contributed by atoms with Crippen LogP contribution in [-0.4, -0.2) is 172 Å². The van der Waals surface area contributed by atoms with Gasteiger partial charge in [-0.1, -0.05) is 121 Å². The van der Waals surface area contributed by atoms with E-state index in [0.29, 0.717) is 109 Å². The van der Waals surface area contributed by atoms with Gasteiger partial charge in [-0.05, 0) is 164 Å². The van der Waals surface area contributed by atoms with E-state index in [1.807, 2.05) is 160 Å². The molecular formula is C88H101N29O12. The summed E-state index contributed by atoms with van der Waals surface area (Å²) in [5.41, 5.74) is 41.7. The number of rotatable bonds is 22. The molecule has 129 heavy (non-hydrogen) atoms. The number of imidazole rings is 4. The Balaban J connectivity index is 0.000000149. The summed E-state index contributed by atoms with van der Waals surface area (Å²) < 4.78 is 43.2. The maximum Gasteiger partial charge on any atom is 0.414 e. The molecule has 0 unspecified atom stereocenters. The molecule has 0 atom stereocenters. The number of hydrogen-bond acceptors (Lipinski definition) is 33. The second kappa shape index (κ2) is 38.3. The van der Waals surface area contributed by atoms with Gasteiger partial charge in [0.1, 0.15) is 44.4 Å². The first-order chi connectivity index (χ1) is 61.5. The minimum Gasteiger partial charge on any atom is -0.478 e. The van der Waals surface area contributed by atoms with Crippen LogP contribution >= 0.6 is 0 Å². The minimum atomic E-state index is -1.09. The molecule has 12 heterocycles. The molecule has 0 saturated carbocycles. The largest absolute Gasteiger partial charge is 0.478 e. The third-order valence-electron chi connectivity index (χ3n) is 19.4. The number of carboxylic acid groups (broad SMARTS) is 1. The number of carboxylic acids is 1. The van der Waals surface area contributed by atoms with E-state index in [9.17, 15) is 24.3 Å². The highest BCUT2D eigenvalue weighted by Crippen LogP contribution is 2.43. The van der Waals surface area contributed by atoms with Gasteiger partial charge < -0.3 is 76.9 Å². The number of nitrogens with two attached hydrogens (primary N) is 5. The average Bonchev–Trinajstić information content (AvgIpc) is 1.61. The van der Waals surface area contributed by atoms with Crippen LogP contribution in [0.15, 0.2) is 165 Å². The van der Waals surface area contributed by atoms with Crippen molar-refractivity contribution in [3.63, 3.8) is 0 Å². The van der Waals surface area contributed by atoms with Gasteiger partial charge in [0.2, 0.25) is 0 Å². The van der Waals surface area contributed by atoms with E-state index in [0.717, 1.165) is 57.6 Å². The number of ether oxygens (including phenoxy) is 3. The Labute approximate surface area is 738 Å². The number of aryl methyl sites for hydroxylation is 1. The summed E-state index contributed by atoms with van der Waals surface area (Å²) in [6.45, 7) is 30.0. The van der Waals surface area contributed by atoms with Crippen molar-refractivity contribution in [3.05, 3.63) is 152 Å². The number of aromatic nitrogens is 20. The molecule has 0 bridgehead atoms. The Morgan fingerprint density at radius 3 is 1.16 bits per heavy atom. The zero-order chi connectivity index (χ0) is 92.5. The number of carbonyl (C=O) groups excluding carboxylic acids is 3. The highest BCUT2D eigenvalue weighted by molar-refractivity contribution is 6.08. The molecule has 0 radical (unpaired) electrons. The lowest BCUT2D eigenvalue weighted by atomic mass is 10.1. The van der Waals surface area contributed by atoms with Gasteiger partial charge in [0, 0.05) is 73.3 Å². The average molecular weight is 1760 g/mol. The lowest BCUT2D eigenvalue weighted by Crippen LogP contribution is -2.39. The minimum absolute atomic E-state index is 0.0483. The number of anilines is 7. The molecule has 0 aliphatic rings. The molecule has 41 nitrogen and oxygen atoms in total. The number of amides is 3. The molecule has 16 aromatic rings. The van der Waals surface area contributed by atoms with E-state index in [-0.39, 0.29) is 71.4 Å². The Morgan fingerprint density at radius 2 is 0.775 bits per heavy atom. The molecule has 14 N–H and O–H groups in total. The number of pyridine rings is 4. The topological polar surface area (TPSA) is 564 Å². The fraction of sp³-hybridized carbons (Fsp3) is 0.318. The summed E-state index contributed by atoms with van der Waals surface area (Å²) in [5.74, 6) is 1.23. The molecule has 41 heteroatoms. The Bertz CT molecular complexity index is 6650. The second-order valence-corrected chi connectivity index (χ2v) is 33.4. The molecule has 3 amide bonds. The summed E-state index contributed by atoms with van der Waals surface area (Å²) in [7, 11) is 1.79. The summed E-state index contributed by atoms with van der Waals surface area (Å²) >= 11 is 0. The summed E-state index contributed by atoms with van der Waals surface area (Å²) in [4.78, 5) is 89.2. The normalized spacial score (nSPS) is 11.7. The lowest BCUT2D eigenvalue weighted by Gasteiger charge is -2.28. The molecule has 0 fully saturated rings. The summed E-state index contributed by atoms with van der Waals surface area (Å²) in [6.07, 6.45) is 5.97. The van der Waals surface area contributed by atoms with Gasteiger partial charge in [0.05, 0.1) is 80.5 Å². The monoisotopic (exact) mass is 1760 g/mol. The first kappa shape index (κ1) is 90.9. The van der Waals surface area contributed by atoms with Crippen molar-refractivity contribution < 1.29 is 57.0 Å². The van der Waals surface area contributed by atoms with Crippen LogP contribution in [0.2, 0.25) is 0 Å². The highest BCUT2D eigenvalue weighted by atomic mass is 16.6. The van der Waals surface area contributed by atoms with Crippen molar-refractivity contribution in [2.24, 2.45) is 12.8 Å². The first-order valence-corrected chi connectivity index (χ1v) is 41.3. The fourth-order valence-corrected chi connectivity index (χ4v) is 14.1. The van der Waals surface area contributed by atoms with Gasteiger partial charge in [0.25, 0.3) is 0 Å². The van der Waals surface area contributed by atoms with Gasteiger partial charge in [-0.3, -0.25) is 30.2 Å². The first-order valence-electron chi connectivity index (χ1n) is 41.3. The van der Waals surface area contributed by atoms with Gasteiger partial charge >= 0.3 is 24.2 Å². The fourth-order valence-electron chi connectivity index (χ4n) is 14.1. The maximum absolute atomic E-state index is 13.6. The van der Waals surface area contributed by atoms with Gasteiger partial charge in [-0.25, -0.2) is 57.6 Å². The standard InChI is InChI=1S/C28H36N8O5.C22H25N7O3.C20H24N8O.C18H16N6O3/c1-27(2,3)39-25(37)30-14-11-15-36(26(38)40-28(4,5)6)18-16-31-19(17-12-9-8-10-13-17)20-22(18)35(7)24(32-20)21-23(29)34-41-33-21;1-12(2)29-18-14(25-21(30)31-22(3,4)5)11-24-15(13-9-7-6-8-10-13)16(18)26-20(29)17-19(23)28-32-27-17;1-12(2)28-18-14(23-10-6-9-21)11-24-15(13-7-4-3-5-8-13)16(18)25-20(28)17-19(22)27-29-26-17;1-9(2)24-15-11(18(25)26)8-20-12(10-6-4-3-5-7-10)13(15)21-17(24)14-16(19)23-27-22-14/h8-10,12-13,16H,11,14-15H2,1-7H3,(H2,29,34)(H,30,37);6-12H,1-5H3,(H2,23,28)(H,25,30);3-5,7-8,11-12,23H,6,9-10,21H2,1-2H3,(H2,22,27);3-9H,1-2H3,(H2,19,23)(H,25,26). The number of aromatic carboxylic acids is 1. The Kier molecular flexibility index (Phi) is 27.0. The van der Waals surface area contributed by atoms with Gasteiger partial charge in [0.15, 0.2) is 69.3 Å². The van der Waals surface area contributed by atoms with Crippen LogP contribution in [-0.2, 0) is 21.3 Å². The molecule has 0 saturated heterocycles. The molecular weight excluding hydrogens is 1660 g/mol. The lowest BCUT2D eigenvalue weighted by molar-refractivity contribution is 0.0525. The summed E-state index contributed by atoms with van der Waals surface area (Å²) in [5, 5.41) is 49.1. The van der Waals surface area contributed by atoms with E-state index in [1.54, 1.807) is 90.9 Å². The quantitative estimate of drug-likeness (QED) is 0.0225. The molecule has 4 aromatic carbocycles. The maximum atomic E-state index is 13.6. The Hall–Kier alpha value is -15.8. The van der Waals surface area contributed by atoms with Crippen molar-refractivity contribution in [2.75, 3.05) is 64.6 Å². The van der Waals surface area contributed by atoms with Crippen molar-refractivity contribution in [1.29, 1.82) is 0 Å². The van der Waals surface area contributed by atoms with Crippen LogP contribution in [0, 0.1) is 0 Å². The van der Waals surface area contributed by atoms with Gasteiger partial charge in [-0.2, -0.15) is 0 Å².